The first-order valence-electron chi connectivity index (χ1n) is 3.10. The summed E-state index contributed by atoms with van der Waals surface area (Å²) in [4.78, 5) is 0. The van der Waals surface area contributed by atoms with Crippen molar-refractivity contribution >= 4 is 7.82 Å². The predicted molar refractivity (Wildman–Crippen MR) is 40.8 cm³/mol. The molecule has 0 radical (unpaired) electrons. The Morgan fingerprint density at radius 1 is 1.50 bits per heavy atom. The van der Waals surface area contributed by atoms with E-state index in [2.05, 4.69) is 19.2 Å². The molecule has 0 bridgehead atoms. The van der Waals surface area contributed by atoms with E-state index in [1.807, 2.05) is 0 Å². The second kappa shape index (κ2) is 3.71. The van der Waals surface area contributed by atoms with Crippen LogP contribution in [0.2, 0.25) is 0 Å². The zero-order valence-electron chi connectivity index (χ0n) is 6.68. The molecule has 1 heterocycles. The van der Waals surface area contributed by atoms with E-state index in [-0.39, 0.29) is 5.88 Å². The number of H-pyrrole nitrogens is 1. The van der Waals surface area contributed by atoms with Crippen LogP contribution in [0.5, 0.6) is 5.88 Å². The lowest BCUT2D eigenvalue weighted by Gasteiger charge is -2.11. The number of aromatic nitrogens is 2. The fourth-order valence-corrected chi connectivity index (χ4v) is 1.20. The van der Waals surface area contributed by atoms with Gasteiger partial charge in [-0.25, -0.2) is 9.66 Å². The van der Waals surface area contributed by atoms with Crippen molar-refractivity contribution in [3.05, 3.63) is 12.3 Å². The Morgan fingerprint density at radius 2 is 2.17 bits per heavy atom. The zero-order chi connectivity index (χ0) is 9.03. The van der Waals surface area contributed by atoms with Gasteiger partial charge in [-0.2, -0.15) is 5.10 Å². The molecular formula is C5H9N2O4P. The Labute approximate surface area is 69.4 Å². The minimum absolute atomic E-state index is 0.238. The van der Waals surface area contributed by atoms with Gasteiger partial charge < -0.3 is 4.52 Å². The topological polar surface area (TPSA) is 73.4 Å². The maximum absolute atomic E-state index is 11.3. The van der Waals surface area contributed by atoms with Crippen molar-refractivity contribution in [2.24, 2.45) is 0 Å². The van der Waals surface area contributed by atoms with Crippen LogP contribution in [-0.4, -0.2) is 24.4 Å². The van der Waals surface area contributed by atoms with E-state index in [1.54, 1.807) is 0 Å². The molecule has 1 N–H and O–H groups in total. The summed E-state index contributed by atoms with van der Waals surface area (Å²) in [6.45, 7) is 0. The molecule has 0 aliphatic carbocycles. The van der Waals surface area contributed by atoms with Gasteiger partial charge in [-0.3, -0.25) is 9.05 Å². The number of aromatic amines is 1. The number of phosphoric acid groups is 1. The van der Waals surface area contributed by atoms with E-state index in [1.165, 1.54) is 26.5 Å². The maximum atomic E-state index is 11.3. The fourth-order valence-electron chi connectivity index (χ4n) is 0.563. The van der Waals surface area contributed by atoms with Crippen LogP contribution in [0, 0.1) is 0 Å². The summed E-state index contributed by atoms with van der Waals surface area (Å²) in [7, 11) is -0.968. The third-order valence-electron chi connectivity index (χ3n) is 1.13. The lowest BCUT2D eigenvalue weighted by atomic mass is 10.7. The van der Waals surface area contributed by atoms with Crippen LogP contribution in [0.25, 0.3) is 0 Å². The van der Waals surface area contributed by atoms with Crippen LogP contribution in [0.3, 0.4) is 0 Å². The van der Waals surface area contributed by atoms with E-state index in [0.29, 0.717) is 0 Å². The van der Waals surface area contributed by atoms with Gasteiger partial charge in [-0.15, -0.1) is 0 Å². The van der Waals surface area contributed by atoms with Crippen LogP contribution in [0.15, 0.2) is 12.3 Å². The molecule has 0 unspecified atom stereocenters. The Morgan fingerprint density at radius 3 is 2.58 bits per heavy atom. The van der Waals surface area contributed by atoms with Crippen molar-refractivity contribution in [1.82, 2.24) is 10.2 Å². The molecule has 0 spiro atoms. The molecule has 0 aromatic carbocycles. The number of nitrogens with one attached hydrogen (secondary N) is 1. The standard InChI is InChI=1S/C5H9N2O4P/c1-9-12(8,10-2)11-5-3-4-6-7-5/h3-4H,1-2H3,(H,6,7). The number of hydrogen-bond acceptors (Lipinski definition) is 5. The number of phosphoric ester groups is 1. The van der Waals surface area contributed by atoms with Gasteiger partial charge >= 0.3 is 7.82 Å². The van der Waals surface area contributed by atoms with Gasteiger partial charge in [0.05, 0.1) is 6.20 Å². The molecule has 0 aliphatic rings. The van der Waals surface area contributed by atoms with Gasteiger partial charge in [0, 0.05) is 20.3 Å². The predicted octanol–water partition coefficient (Wildman–Crippen LogP) is 1.19. The number of rotatable bonds is 4. The lowest BCUT2D eigenvalue weighted by molar-refractivity contribution is 0.209. The summed E-state index contributed by atoms with van der Waals surface area (Å²) in [6.07, 6.45) is 1.46. The minimum atomic E-state index is -3.44. The van der Waals surface area contributed by atoms with Crippen LogP contribution in [-0.2, 0) is 13.6 Å². The molecule has 1 rings (SSSR count). The largest absolute Gasteiger partial charge is 0.530 e. The van der Waals surface area contributed by atoms with Gasteiger partial charge in [-0.1, -0.05) is 0 Å². The van der Waals surface area contributed by atoms with Gasteiger partial charge in [-0.05, 0) is 0 Å². The molecule has 0 atom stereocenters. The highest BCUT2D eigenvalue weighted by Crippen LogP contribution is 2.46. The summed E-state index contributed by atoms with van der Waals surface area (Å²) in [6, 6.07) is 1.50. The van der Waals surface area contributed by atoms with Crippen molar-refractivity contribution < 1.29 is 18.1 Å². The average Bonchev–Trinajstić information content (AvgIpc) is 2.57. The van der Waals surface area contributed by atoms with Gasteiger partial charge in [0.2, 0.25) is 5.88 Å². The molecule has 6 nitrogen and oxygen atoms in total. The first kappa shape index (κ1) is 9.25. The maximum Gasteiger partial charge on any atom is 0.530 e. The van der Waals surface area contributed by atoms with Crippen molar-refractivity contribution in [2.75, 3.05) is 14.2 Å². The monoisotopic (exact) mass is 192 g/mol. The number of nitrogens with zero attached hydrogens (tertiary/aromatic N) is 1. The van der Waals surface area contributed by atoms with Gasteiger partial charge in [0.15, 0.2) is 0 Å². The Kier molecular flexibility index (Phi) is 2.86. The third-order valence-corrected chi connectivity index (χ3v) is 2.45. The average molecular weight is 192 g/mol. The van der Waals surface area contributed by atoms with Crippen LogP contribution >= 0.6 is 7.82 Å². The second-order valence-corrected chi connectivity index (χ2v) is 3.63. The van der Waals surface area contributed by atoms with E-state index in [9.17, 15) is 4.57 Å². The molecule has 68 valence electrons. The summed E-state index contributed by atoms with van der Waals surface area (Å²) < 4.78 is 25.2. The highest BCUT2D eigenvalue weighted by Gasteiger charge is 2.24. The van der Waals surface area contributed by atoms with Crippen molar-refractivity contribution in [3.8, 4) is 5.88 Å². The Bertz CT molecular complexity index is 265. The quantitative estimate of drug-likeness (QED) is 0.725. The smallest absolute Gasteiger partial charge is 0.386 e. The van der Waals surface area contributed by atoms with Crippen molar-refractivity contribution in [1.29, 1.82) is 0 Å². The molecule has 0 saturated heterocycles. The van der Waals surface area contributed by atoms with E-state index in [4.69, 9.17) is 4.52 Å². The van der Waals surface area contributed by atoms with Crippen LogP contribution in [0.4, 0.5) is 0 Å². The van der Waals surface area contributed by atoms with E-state index < -0.39 is 7.82 Å². The molecule has 1 aromatic rings. The second-order valence-electron chi connectivity index (χ2n) is 1.82. The highest BCUT2D eigenvalue weighted by molar-refractivity contribution is 7.48. The van der Waals surface area contributed by atoms with E-state index >= 15 is 0 Å². The number of hydrogen-bond donors (Lipinski definition) is 1. The first-order chi connectivity index (χ1) is 5.70. The molecule has 0 fully saturated rings. The Hall–Kier alpha value is -0.840. The molecule has 1 aromatic heterocycles. The molecule has 0 saturated carbocycles. The van der Waals surface area contributed by atoms with E-state index in [0.717, 1.165) is 0 Å². The molecule has 0 aliphatic heterocycles. The Balaban J connectivity index is 2.67. The summed E-state index contributed by atoms with van der Waals surface area (Å²) >= 11 is 0. The highest BCUT2D eigenvalue weighted by atomic mass is 31.2. The summed E-state index contributed by atoms with van der Waals surface area (Å²) in [5, 5.41) is 6.05. The minimum Gasteiger partial charge on any atom is -0.386 e. The van der Waals surface area contributed by atoms with Gasteiger partial charge in [0.25, 0.3) is 0 Å². The zero-order valence-corrected chi connectivity index (χ0v) is 7.58. The SMILES string of the molecule is COP(=O)(OC)Oc1ccn[nH]1. The van der Waals surface area contributed by atoms with Crippen molar-refractivity contribution in [3.63, 3.8) is 0 Å². The molecule has 0 amide bonds. The van der Waals surface area contributed by atoms with Crippen molar-refractivity contribution in [2.45, 2.75) is 0 Å². The van der Waals surface area contributed by atoms with Gasteiger partial charge in [0.1, 0.15) is 0 Å². The summed E-state index contributed by atoms with van der Waals surface area (Å²) in [5.74, 6) is 0.238. The third kappa shape index (κ3) is 2.07. The normalized spacial score (nSPS) is 11.5. The molecule has 7 heteroatoms. The first-order valence-corrected chi connectivity index (χ1v) is 4.57. The van der Waals surface area contributed by atoms with Crippen LogP contribution in [0.1, 0.15) is 0 Å². The van der Waals surface area contributed by atoms with Crippen LogP contribution < -0.4 is 4.52 Å². The summed E-state index contributed by atoms with van der Waals surface area (Å²) in [5.41, 5.74) is 0. The molecular weight excluding hydrogens is 183 g/mol. The fraction of sp³-hybridized carbons (Fsp3) is 0.400. The lowest BCUT2D eigenvalue weighted by Crippen LogP contribution is -1.97. The molecule has 12 heavy (non-hydrogen) atoms.